The topological polar surface area (TPSA) is 44.3 Å². The lowest BCUT2D eigenvalue weighted by Gasteiger charge is -2.29. The molecule has 1 aromatic heterocycles. The summed E-state index contributed by atoms with van der Waals surface area (Å²) in [5.41, 5.74) is 1.98. The molecule has 5 nitrogen and oxygen atoms in total. The minimum atomic E-state index is 0.977. The lowest BCUT2D eigenvalue weighted by molar-refractivity contribution is 0.246. The third-order valence-electron chi connectivity index (χ3n) is 3.37. The van der Waals surface area contributed by atoms with Crippen LogP contribution in [0.15, 0.2) is 6.20 Å². The fourth-order valence-electron chi connectivity index (χ4n) is 2.22. The molecule has 18 heavy (non-hydrogen) atoms. The first-order valence-corrected chi connectivity index (χ1v) is 6.61. The lowest BCUT2D eigenvalue weighted by atomic mass is 10.3. The van der Waals surface area contributed by atoms with Crippen LogP contribution in [0.2, 0.25) is 0 Å². The van der Waals surface area contributed by atoms with Crippen molar-refractivity contribution in [3.05, 3.63) is 17.6 Å². The molecule has 0 bridgehead atoms. The molecule has 0 saturated carbocycles. The zero-order valence-electron chi connectivity index (χ0n) is 11.6. The van der Waals surface area contributed by atoms with E-state index in [0.717, 1.165) is 56.5 Å². The summed E-state index contributed by atoms with van der Waals surface area (Å²) in [5.74, 6) is 1.00. The Morgan fingerprint density at radius 1 is 1.33 bits per heavy atom. The van der Waals surface area contributed by atoms with Gasteiger partial charge in [-0.2, -0.15) is 0 Å². The monoisotopic (exact) mass is 249 g/mol. The number of nitrogens with zero attached hydrogens (tertiary/aromatic N) is 4. The van der Waals surface area contributed by atoms with Crippen molar-refractivity contribution in [2.45, 2.75) is 13.8 Å². The van der Waals surface area contributed by atoms with Crippen molar-refractivity contribution in [1.29, 1.82) is 0 Å². The van der Waals surface area contributed by atoms with Crippen LogP contribution >= 0.6 is 0 Å². The number of hydrogen-bond acceptors (Lipinski definition) is 5. The predicted octanol–water partition coefficient (Wildman–Crippen LogP) is 0.435. The molecular weight excluding hydrogens is 226 g/mol. The number of nitrogens with one attached hydrogen (secondary N) is 1. The van der Waals surface area contributed by atoms with Crippen LogP contribution in [0.3, 0.4) is 0 Å². The smallest absolute Gasteiger partial charge is 0.150 e. The van der Waals surface area contributed by atoms with E-state index in [9.17, 15) is 0 Å². The molecule has 5 heteroatoms. The highest BCUT2D eigenvalue weighted by molar-refractivity contribution is 5.42. The molecule has 0 amide bonds. The molecule has 0 spiro atoms. The van der Waals surface area contributed by atoms with Crippen LogP contribution in [-0.4, -0.2) is 61.2 Å². The van der Waals surface area contributed by atoms with E-state index in [1.807, 2.05) is 20.0 Å². The summed E-state index contributed by atoms with van der Waals surface area (Å²) >= 11 is 0. The quantitative estimate of drug-likeness (QED) is 0.838. The van der Waals surface area contributed by atoms with E-state index in [2.05, 4.69) is 32.1 Å². The van der Waals surface area contributed by atoms with E-state index >= 15 is 0 Å². The van der Waals surface area contributed by atoms with Gasteiger partial charge in [0.1, 0.15) is 5.82 Å². The Hall–Kier alpha value is -1.20. The maximum atomic E-state index is 4.57. The van der Waals surface area contributed by atoms with Gasteiger partial charge in [-0.3, -0.25) is 9.88 Å². The molecule has 0 aliphatic carbocycles. The molecule has 0 atom stereocenters. The van der Waals surface area contributed by atoms with Crippen molar-refractivity contribution in [1.82, 2.24) is 20.2 Å². The molecular formula is C13H23N5. The first kappa shape index (κ1) is 13.2. The Morgan fingerprint density at radius 2 is 2.06 bits per heavy atom. The molecule has 1 fully saturated rings. The Morgan fingerprint density at radius 3 is 2.78 bits per heavy atom. The van der Waals surface area contributed by atoms with Crippen LogP contribution in [0.25, 0.3) is 0 Å². The minimum Gasteiger partial charge on any atom is -0.357 e. The highest BCUT2D eigenvalue weighted by Gasteiger charge is 2.12. The van der Waals surface area contributed by atoms with Crippen LogP contribution in [0.1, 0.15) is 11.4 Å². The fourth-order valence-corrected chi connectivity index (χ4v) is 2.22. The van der Waals surface area contributed by atoms with Gasteiger partial charge in [0, 0.05) is 52.5 Å². The summed E-state index contributed by atoms with van der Waals surface area (Å²) in [5, 5.41) is 3.37. The van der Waals surface area contributed by atoms with E-state index in [1.54, 1.807) is 0 Å². The van der Waals surface area contributed by atoms with E-state index < -0.39 is 0 Å². The normalized spacial score (nSPS) is 16.8. The standard InChI is InChI=1S/C13H23N5/c1-11-10-15-12(2)13(16-11)17(3)8-9-18-6-4-14-5-7-18/h10,14H,4-9H2,1-3H3. The van der Waals surface area contributed by atoms with Crippen LogP contribution in [0.4, 0.5) is 5.82 Å². The van der Waals surface area contributed by atoms with Gasteiger partial charge in [-0.1, -0.05) is 0 Å². The third kappa shape index (κ3) is 3.40. The molecule has 1 aromatic rings. The van der Waals surface area contributed by atoms with Crippen molar-refractivity contribution in [2.75, 3.05) is 51.2 Å². The zero-order chi connectivity index (χ0) is 13.0. The van der Waals surface area contributed by atoms with Crippen molar-refractivity contribution in [3.63, 3.8) is 0 Å². The SMILES string of the molecule is Cc1cnc(C)c(N(C)CCN2CCNCC2)n1. The molecule has 1 N–H and O–H groups in total. The van der Waals surface area contributed by atoms with Gasteiger partial charge in [0.2, 0.25) is 0 Å². The summed E-state index contributed by atoms with van der Waals surface area (Å²) in [6.07, 6.45) is 1.82. The summed E-state index contributed by atoms with van der Waals surface area (Å²) < 4.78 is 0. The molecule has 1 aliphatic heterocycles. The first-order chi connectivity index (χ1) is 8.66. The number of rotatable bonds is 4. The van der Waals surface area contributed by atoms with Crippen LogP contribution in [0, 0.1) is 13.8 Å². The Balaban J connectivity index is 1.90. The van der Waals surface area contributed by atoms with Gasteiger partial charge < -0.3 is 10.2 Å². The fraction of sp³-hybridized carbons (Fsp3) is 0.692. The van der Waals surface area contributed by atoms with Crippen LogP contribution in [-0.2, 0) is 0 Å². The molecule has 1 saturated heterocycles. The predicted molar refractivity (Wildman–Crippen MR) is 74.1 cm³/mol. The summed E-state index contributed by atoms with van der Waals surface area (Å²) in [7, 11) is 2.10. The molecule has 2 rings (SSSR count). The largest absolute Gasteiger partial charge is 0.357 e. The summed E-state index contributed by atoms with van der Waals surface area (Å²) in [6.45, 7) is 10.6. The van der Waals surface area contributed by atoms with E-state index in [4.69, 9.17) is 0 Å². The number of anilines is 1. The van der Waals surface area contributed by atoms with Crippen LogP contribution < -0.4 is 10.2 Å². The summed E-state index contributed by atoms with van der Waals surface area (Å²) in [6, 6.07) is 0. The number of aromatic nitrogens is 2. The average molecular weight is 249 g/mol. The zero-order valence-corrected chi connectivity index (χ0v) is 11.6. The van der Waals surface area contributed by atoms with Gasteiger partial charge in [0.05, 0.1) is 11.4 Å². The molecule has 1 aliphatic rings. The second-order valence-corrected chi connectivity index (χ2v) is 4.93. The van der Waals surface area contributed by atoms with Crippen molar-refractivity contribution >= 4 is 5.82 Å². The second kappa shape index (κ2) is 6.11. The van der Waals surface area contributed by atoms with Crippen LogP contribution in [0.5, 0.6) is 0 Å². The Labute approximate surface area is 109 Å². The third-order valence-corrected chi connectivity index (χ3v) is 3.37. The van der Waals surface area contributed by atoms with Gasteiger partial charge in [-0.15, -0.1) is 0 Å². The number of likely N-dealkylation sites (N-methyl/N-ethyl adjacent to an activating group) is 1. The van der Waals surface area contributed by atoms with E-state index in [1.165, 1.54) is 0 Å². The maximum absolute atomic E-state index is 4.57. The van der Waals surface area contributed by atoms with Gasteiger partial charge in [-0.25, -0.2) is 4.98 Å². The Kier molecular flexibility index (Phi) is 4.49. The second-order valence-electron chi connectivity index (χ2n) is 4.93. The molecule has 0 radical (unpaired) electrons. The minimum absolute atomic E-state index is 0.977. The van der Waals surface area contributed by atoms with E-state index in [-0.39, 0.29) is 0 Å². The number of hydrogen-bond donors (Lipinski definition) is 1. The summed E-state index contributed by atoms with van der Waals surface area (Å²) in [4.78, 5) is 13.6. The highest BCUT2D eigenvalue weighted by atomic mass is 15.2. The first-order valence-electron chi connectivity index (χ1n) is 6.61. The average Bonchev–Trinajstić information content (AvgIpc) is 2.40. The van der Waals surface area contributed by atoms with Gasteiger partial charge in [-0.05, 0) is 13.8 Å². The molecule has 0 unspecified atom stereocenters. The van der Waals surface area contributed by atoms with Crippen molar-refractivity contribution in [2.24, 2.45) is 0 Å². The number of piperazine rings is 1. The molecule has 2 heterocycles. The number of aryl methyl sites for hydroxylation is 2. The van der Waals surface area contributed by atoms with Crippen molar-refractivity contribution in [3.8, 4) is 0 Å². The maximum Gasteiger partial charge on any atom is 0.150 e. The highest BCUT2D eigenvalue weighted by Crippen LogP contribution is 2.13. The molecule has 100 valence electrons. The van der Waals surface area contributed by atoms with Gasteiger partial charge in [0.25, 0.3) is 0 Å². The van der Waals surface area contributed by atoms with Gasteiger partial charge >= 0.3 is 0 Å². The van der Waals surface area contributed by atoms with Gasteiger partial charge in [0.15, 0.2) is 0 Å². The van der Waals surface area contributed by atoms with Crippen molar-refractivity contribution < 1.29 is 0 Å². The molecule has 0 aromatic carbocycles. The Bertz CT molecular complexity index is 387. The van der Waals surface area contributed by atoms with E-state index in [0.29, 0.717) is 0 Å². The lowest BCUT2D eigenvalue weighted by Crippen LogP contribution is -2.46.